The summed E-state index contributed by atoms with van der Waals surface area (Å²) in [7, 11) is 0. The molecule has 3 saturated carbocycles. The summed E-state index contributed by atoms with van der Waals surface area (Å²) in [5.41, 5.74) is 1.63. The summed E-state index contributed by atoms with van der Waals surface area (Å²) < 4.78 is 0. The fourth-order valence-corrected chi connectivity index (χ4v) is 6.46. The highest BCUT2D eigenvalue weighted by atomic mass is 16.4. The van der Waals surface area contributed by atoms with Gasteiger partial charge in [0, 0.05) is 0 Å². The van der Waals surface area contributed by atoms with Crippen molar-refractivity contribution in [2.24, 2.45) is 28.6 Å². The molecule has 0 unspecified atom stereocenters. The molecule has 0 aromatic heterocycles. The Morgan fingerprint density at radius 2 is 1.78 bits per heavy atom. The zero-order valence-electron chi connectivity index (χ0n) is 20.1. The van der Waals surface area contributed by atoms with Crippen molar-refractivity contribution in [2.45, 2.75) is 97.4 Å². The monoisotopic (exact) mass is 446 g/mol. The van der Waals surface area contributed by atoms with Crippen molar-refractivity contribution < 1.29 is 25.2 Å². The van der Waals surface area contributed by atoms with Gasteiger partial charge in [-0.15, -0.1) is 0 Å². The number of aliphatic hydroxyl groups is 3. The van der Waals surface area contributed by atoms with Crippen molar-refractivity contribution in [3.8, 4) is 0 Å². The van der Waals surface area contributed by atoms with E-state index in [-0.39, 0.29) is 11.3 Å². The number of carboxylic acid groups (broad SMARTS) is 1. The maximum absolute atomic E-state index is 11.4. The van der Waals surface area contributed by atoms with Gasteiger partial charge in [-0.25, -0.2) is 0 Å². The molecule has 32 heavy (non-hydrogen) atoms. The van der Waals surface area contributed by atoms with Crippen LogP contribution in [-0.2, 0) is 4.79 Å². The van der Waals surface area contributed by atoms with Crippen LogP contribution in [0.25, 0.3) is 0 Å². The molecule has 3 aliphatic carbocycles. The standard InChI is InChI=1S/C27H42O5/c1-17(7-12-24(30)26(2,3)25(31)32)22-10-11-23-19(6-5-13-27(22,23)4)9-8-18-14-20(28)16-21(29)15-18/h7-9,12,17,20-24,28-30H,5-6,10-11,13-16H2,1-4H3,(H,31,32)/b12-7+,19-9+/t17-,20-,21-,22-,23+,24-,27-/m1/s1. The molecule has 180 valence electrons. The molecule has 3 aliphatic rings. The molecule has 0 radical (unpaired) electrons. The van der Waals surface area contributed by atoms with Gasteiger partial charge in [0.25, 0.3) is 0 Å². The van der Waals surface area contributed by atoms with Crippen molar-refractivity contribution in [3.05, 3.63) is 35.5 Å². The van der Waals surface area contributed by atoms with Crippen LogP contribution < -0.4 is 0 Å². The van der Waals surface area contributed by atoms with Crippen LogP contribution in [0.2, 0.25) is 0 Å². The molecule has 3 fully saturated rings. The summed E-state index contributed by atoms with van der Waals surface area (Å²) in [5, 5.41) is 39.7. The summed E-state index contributed by atoms with van der Waals surface area (Å²) in [4.78, 5) is 11.4. The Kier molecular flexibility index (Phi) is 7.73. The minimum Gasteiger partial charge on any atom is -0.481 e. The van der Waals surface area contributed by atoms with Gasteiger partial charge in [0.1, 0.15) is 0 Å². The van der Waals surface area contributed by atoms with E-state index in [1.807, 2.05) is 6.08 Å². The number of fused-ring (bicyclic) bond motifs is 1. The molecule has 3 rings (SSSR count). The van der Waals surface area contributed by atoms with Crippen LogP contribution in [0.5, 0.6) is 0 Å². The van der Waals surface area contributed by atoms with E-state index >= 15 is 0 Å². The lowest BCUT2D eigenvalue weighted by molar-refractivity contribution is -0.151. The van der Waals surface area contributed by atoms with Crippen molar-refractivity contribution in [3.63, 3.8) is 0 Å². The molecule has 0 aromatic rings. The van der Waals surface area contributed by atoms with Crippen molar-refractivity contribution in [1.82, 2.24) is 0 Å². The van der Waals surface area contributed by atoms with Gasteiger partial charge >= 0.3 is 5.97 Å². The third-order valence-corrected chi connectivity index (χ3v) is 8.63. The summed E-state index contributed by atoms with van der Waals surface area (Å²) in [6.07, 6.45) is 13.8. The average Bonchev–Trinajstić information content (AvgIpc) is 3.06. The molecular formula is C27H42O5. The van der Waals surface area contributed by atoms with E-state index in [2.05, 4.69) is 26.0 Å². The molecule has 0 spiro atoms. The fraction of sp³-hybridized carbons (Fsp3) is 0.741. The molecular weight excluding hydrogens is 404 g/mol. The Balaban J connectivity index is 1.72. The van der Waals surface area contributed by atoms with E-state index in [0.717, 1.165) is 31.3 Å². The van der Waals surface area contributed by atoms with Crippen LogP contribution in [0.15, 0.2) is 35.5 Å². The molecule has 7 atom stereocenters. The average molecular weight is 447 g/mol. The first-order valence-electron chi connectivity index (χ1n) is 12.3. The van der Waals surface area contributed by atoms with Crippen LogP contribution >= 0.6 is 0 Å². The van der Waals surface area contributed by atoms with Gasteiger partial charge in [-0.1, -0.05) is 49.3 Å². The smallest absolute Gasteiger partial charge is 0.312 e. The number of hydrogen-bond donors (Lipinski definition) is 4. The number of carbonyl (C=O) groups is 1. The molecule has 4 N–H and O–H groups in total. The van der Waals surface area contributed by atoms with Gasteiger partial charge in [0.2, 0.25) is 0 Å². The Morgan fingerprint density at radius 1 is 1.12 bits per heavy atom. The number of allylic oxidation sites excluding steroid dienone is 4. The van der Waals surface area contributed by atoms with Crippen LogP contribution in [0.4, 0.5) is 0 Å². The van der Waals surface area contributed by atoms with Gasteiger partial charge in [-0.3, -0.25) is 4.79 Å². The lowest BCUT2D eigenvalue weighted by Crippen LogP contribution is -2.37. The lowest BCUT2D eigenvalue weighted by atomic mass is 9.61. The molecule has 0 heterocycles. The summed E-state index contributed by atoms with van der Waals surface area (Å²) in [5.74, 6) is 0.307. The SMILES string of the molecule is C[C@H](/C=C/[C@@H](O)C(C)(C)C(=O)O)[C@H]1CC[C@H]2/C(=C/C=C3C[C@@H](O)C[C@H](O)C3)CCC[C@]12C. The second kappa shape index (κ2) is 9.82. The van der Waals surface area contributed by atoms with E-state index < -0.39 is 29.7 Å². The first-order chi connectivity index (χ1) is 14.9. The van der Waals surface area contributed by atoms with E-state index in [1.54, 1.807) is 19.9 Å². The van der Waals surface area contributed by atoms with Gasteiger partial charge in [-0.2, -0.15) is 0 Å². The third kappa shape index (κ3) is 5.21. The highest BCUT2D eigenvalue weighted by Crippen LogP contribution is 2.59. The van der Waals surface area contributed by atoms with Gasteiger partial charge in [-0.05, 0) is 88.4 Å². The quantitative estimate of drug-likeness (QED) is 0.446. The minimum absolute atomic E-state index is 0.200. The second-order valence-corrected chi connectivity index (χ2v) is 11.3. The number of hydrogen-bond acceptors (Lipinski definition) is 4. The second-order valence-electron chi connectivity index (χ2n) is 11.3. The van der Waals surface area contributed by atoms with Crippen molar-refractivity contribution >= 4 is 5.97 Å². The van der Waals surface area contributed by atoms with E-state index in [4.69, 9.17) is 0 Å². The van der Waals surface area contributed by atoms with E-state index in [1.165, 1.54) is 12.0 Å². The molecule has 0 saturated heterocycles. The Morgan fingerprint density at radius 3 is 2.41 bits per heavy atom. The summed E-state index contributed by atoms with van der Waals surface area (Å²) in [6.45, 7) is 7.71. The Labute approximate surface area is 192 Å². The highest BCUT2D eigenvalue weighted by Gasteiger charge is 2.50. The number of aliphatic hydroxyl groups excluding tert-OH is 3. The number of carboxylic acids is 1. The first kappa shape index (κ1) is 25.2. The van der Waals surface area contributed by atoms with Crippen LogP contribution in [0.3, 0.4) is 0 Å². The zero-order chi connectivity index (χ0) is 23.7. The molecule has 0 aromatic carbocycles. The maximum atomic E-state index is 11.4. The van der Waals surface area contributed by atoms with Gasteiger partial charge < -0.3 is 20.4 Å². The van der Waals surface area contributed by atoms with Crippen molar-refractivity contribution in [2.75, 3.05) is 0 Å². The van der Waals surface area contributed by atoms with Crippen molar-refractivity contribution in [1.29, 1.82) is 0 Å². The predicted octanol–water partition coefficient (Wildman–Crippen LogP) is 4.63. The van der Waals surface area contributed by atoms with Crippen LogP contribution in [0, 0.1) is 28.6 Å². The molecule has 0 aliphatic heterocycles. The normalized spacial score (nSPS) is 36.8. The Bertz CT molecular complexity index is 767. The molecule has 0 amide bonds. The maximum Gasteiger partial charge on any atom is 0.312 e. The molecule has 5 heteroatoms. The number of aliphatic carboxylic acids is 1. The predicted molar refractivity (Wildman–Crippen MR) is 126 cm³/mol. The topological polar surface area (TPSA) is 98.0 Å². The largest absolute Gasteiger partial charge is 0.481 e. The number of rotatable bonds is 6. The summed E-state index contributed by atoms with van der Waals surface area (Å²) in [6, 6.07) is 0. The van der Waals surface area contributed by atoms with Crippen LogP contribution in [0.1, 0.15) is 79.1 Å². The molecule has 5 nitrogen and oxygen atoms in total. The Hall–Kier alpha value is -1.43. The third-order valence-electron chi connectivity index (χ3n) is 8.63. The first-order valence-corrected chi connectivity index (χ1v) is 12.3. The molecule has 0 bridgehead atoms. The lowest BCUT2D eigenvalue weighted by Gasteiger charge is -2.44. The zero-order valence-corrected chi connectivity index (χ0v) is 20.1. The minimum atomic E-state index is -1.20. The fourth-order valence-electron chi connectivity index (χ4n) is 6.46. The van der Waals surface area contributed by atoms with Crippen LogP contribution in [-0.4, -0.2) is 44.7 Å². The van der Waals surface area contributed by atoms with Gasteiger partial charge in [0.15, 0.2) is 0 Å². The summed E-state index contributed by atoms with van der Waals surface area (Å²) >= 11 is 0. The van der Waals surface area contributed by atoms with E-state index in [0.29, 0.717) is 31.1 Å². The van der Waals surface area contributed by atoms with Gasteiger partial charge in [0.05, 0.1) is 23.7 Å². The van der Waals surface area contributed by atoms with E-state index in [9.17, 15) is 25.2 Å². The highest BCUT2D eigenvalue weighted by molar-refractivity contribution is 5.74.